The second-order valence-corrected chi connectivity index (χ2v) is 9.32. The number of carbonyl (C=O) groups excluding carboxylic acids is 2. The number of hydrogen-bond donors (Lipinski definition) is 3. The molecule has 35 heavy (non-hydrogen) atoms. The molecular formula is C22H24N6O6S. The quantitative estimate of drug-likeness (QED) is 0.428. The number of hydrogen-bond acceptors (Lipinski definition) is 11. The van der Waals surface area contributed by atoms with Crippen LogP contribution in [0.25, 0.3) is 11.5 Å². The Balaban J connectivity index is 1.39. The fraction of sp³-hybridized carbons (Fsp3) is 0.409. The summed E-state index contributed by atoms with van der Waals surface area (Å²) in [7, 11) is 1.33. The number of aromatic nitrogens is 3. The molecule has 2 aliphatic rings. The van der Waals surface area contributed by atoms with Crippen LogP contribution in [-0.4, -0.2) is 71.3 Å². The first-order chi connectivity index (χ1) is 17.0. The average molecular weight is 501 g/mol. The number of ether oxygens (including phenoxy) is 2. The summed E-state index contributed by atoms with van der Waals surface area (Å²) in [6.45, 7) is 2.43. The molecule has 1 fully saturated rings. The number of methoxy groups -OCH3 is 1. The number of rotatable bonds is 6. The van der Waals surface area contributed by atoms with Crippen molar-refractivity contribution in [2.45, 2.75) is 31.5 Å². The standard InChI is InChI=1S/C22H24N6O6S/c1-11(8-29)23-20(31)25-21-24-15-7-14-9-33-10-16(17(15)35-21)28(14)22-27-26-18(34-22)12-4-3-5-13(6-12)19(30)32-2/h3-6,11,14,16,29H,7-10H2,1-2H3,(H2,23,24,25,31)/t11-,14+,16+/m1/s1. The lowest BCUT2D eigenvalue weighted by Crippen LogP contribution is -2.51. The summed E-state index contributed by atoms with van der Waals surface area (Å²) in [5.41, 5.74) is 1.90. The van der Waals surface area contributed by atoms with E-state index in [1.165, 1.54) is 18.4 Å². The molecule has 0 aliphatic carbocycles. The molecule has 3 aromatic rings. The van der Waals surface area contributed by atoms with E-state index in [-0.39, 0.29) is 30.6 Å². The van der Waals surface area contributed by atoms with Crippen LogP contribution in [0.4, 0.5) is 15.9 Å². The Kier molecular flexibility index (Phi) is 6.36. The highest BCUT2D eigenvalue weighted by molar-refractivity contribution is 7.16. The number of thiazole rings is 1. The number of amides is 2. The third kappa shape index (κ3) is 4.57. The first-order valence-electron chi connectivity index (χ1n) is 11.0. The maximum atomic E-state index is 12.2. The highest BCUT2D eigenvalue weighted by atomic mass is 32.1. The molecule has 2 amide bonds. The minimum atomic E-state index is -0.448. The van der Waals surface area contributed by atoms with E-state index >= 15 is 0 Å². The molecule has 0 spiro atoms. The van der Waals surface area contributed by atoms with Gasteiger partial charge in [0.05, 0.1) is 61.2 Å². The molecule has 13 heteroatoms. The smallest absolute Gasteiger partial charge is 0.337 e. The molecule has 4 heterocycles. The lowest BCUT2D eigenvalue weighted by molar-refractivity contribution is 0.0578. The zero-order chi connectivity index (χ0) is 24.5. The van der Waals surface area contributed by atoms with Crippen LogP contribution in [0.2, 0.25) is 0 Å². The Morgan fingerprint density at radius 2 is 2.20 bits per heavy atom. The average Bonchev–Trinajstić information content (AvgIpc) is 3.50. The number of morpholine rings is 1. The van der Waals surface area contributed by atoms with Gasteiger partial charge in [-0.25, -0.2) is 14.6 Å². The summed E-state index contributed by atoms with van der Waals surface area (Å²) in [6, 6.07) is 6.11. The van der Waals surface area contributed by atoms with Crippen LogP contribution in [0.5, 0.6) is 0 Å². The van der Waals surface area contributed by atoms with Crippen molar-refractivity contribution in [3.63, 3.8) is 0 Å². The van der Waals surface area contributed by atoms with Gasteiger partial charge in [0.2, 0.25) is 5.89 Å². The van der Waals surface area contributed by atoms with Crippen molar-refractivity contribution in [1.82, 2.24) is 20.5 Å². The minimum Gasteiger partial charge on any atom is -0.465 e. The first kappa shape index (κ1) is 23.2. The zero-order valence-corrected chi connectivity index (χ0v) is 19.9. The number of carbonyl (C=O) groups is 2. The molecule has 0 saturated carbocycles. The van der Waals surface area contributed by atoms with Crippen molar-refractivity contribution in [2.75, 3.05) is 37.1 Å². The van der Waals surface area contributed by atoms with E-state index in [0.717, 1.165) is 10.6 Å². The molecule has 0 radical (unpaired) electrons. The molecule has 1 saturated heterocycles. The molecular weight excluding hydrogens is 476 g/mol. The van der Waals surface area contributed by atoms with Crippen molar-refractivity contribution in [3.05, 3.63) is 40.4 Å². The maximum absolute atomic E-state index is 12.2. The number of fused-ring (bicyclic) bond motifs is 4. The summed E-state index contributed by atoms with van der Waals surface area (Å²) in [5.74, 6) is -0.159. The topological polar surface area (TPSA) is 152 Å². The maximum Gasteiger partial charge on any atom is 0.337 e. The van der Waals surface area contributed by atoms with Crippen molar-refractivity contribution in [1.29, 1.82) is 0 Å². The van der Waals surface area contributed by atoms with E-state index in [1.54, 1.807) is 31.2 Å². The molecule has 3 N–H and O–H groups in total. The van der Waals surface area contributed by atoms with E-state index in [9.17, 15) is 9.59 Å². The summed E-state index contributed by atoms with van der Waals surface area (Å²) in [5, 5.41) is 23.5. The fourth-order valence-electron chi connectivity index (χ4n) is 4.16. The van der Waals surface area contributed by atoms with E-state index < -0.39 is 12.0 Å². The second kappa shape index (κ2) is 9.60. The Morgan fingerprint density at radius 1 is 1.34 bits per heavy atom. The monoisotopic (exact) mass is 500 g/mol. The molecule has 2 aromatic heterocycles. The molecule has 2 bridgehead atoms. The van der Waals surface area contributed by atoms with Crippen molar-refractivity contribution in [2.24, 2.45) is 0 Å². The lowest BCUT2D eigenvalue weighted by atomic mass is 9.97. The number of benzene rings is 1. The fourth-order valence-corrected chi connectivity index (χ4v) is 5.23. The van der Waals surface area contributed by atoms with Gasteiger partial charge in [-0.2, -0.15) is 0 Å². The summed E-state index contributed by atoms with van der Waals surface area (Å²) < 4.78 is 16.6. The van der Waals surface area contributed by atoms with Gasteiger partial charge in [-0.1, -0.05) is 22.5 Å². The SMILES string of the molecule is COC(=O)c1cccc(-c2nnc(N3[C@@H]4COC[C@H]3c3sc(NC(=O)N[C@H](C)CO)nc3C4)o2)c1. The third-order valence-electron chi connectivity index (χ3n) is 5.81. The Hall–Kier alpha value is -3.55. The Bertz CT molecular complexity index is 1240. The van der Waals surface area contributed by atoms with Gasteiger partial charge in [0.15, 0.2) is 5.13 Å². The van der Waals surface area contributed by atoms with E-state index in [4.69, 9.17) is 19.0 Å². The highest BCUT2D eigenvalue weighted by Crippen LogP contribution is 2.43. The molecule has 3 atom stereocenters. The van der Waals surface area contributed by atoms with Crippen molar-refractivity contribution < 1.29 is 28.6 Å². The number of anilines is 2. The predicted molar refractivity (Wildman–Crippen MR) is 125 cm³/mol. The zero-order valence-electron chi connectivity index (χ0n) is 19.1. The number of nitrogens with one attached hydrogen (secondary N) is 2. The largest absolute Gasteiger partial charge is 0.465 e. The minimum absolute atomic E-state index is 0.0610. The van der Waals surface area contributed by atoms with E-state index in [0.29, 0.717) is 41.9 Å². The van der Waals surface area contributed by atoms with Crippen LogP contribution in [0, 0.1) is 0 Å². The highest BCUT2D eigenvalue weighted by Gasteiger charge is 2.43. The van der Waals surface area contributed by atoms with Crippen LogP contribution in [0.15, 0.2) is 28.7 Å². The summed E-state index contributed by atoms with van der Waals surface area (Å²) in [4.78, 5) is 31.7. The summed E-state index contributed by atoms with van der Waals surface area (Å²) in [6.07, 6.45) is 0.591. The van der Waals surface area contributed by atoms with Gasteiger partial charge in [0.1, 0.15) is 0 Å². The van der Waals surface area contributed by atoms with Crippen molar-refractivity contribution in [3.8, 4) is 11.5 Å². The van der Waals surface area contributed by atoms with E-state index in [2.05, 4.69) is 25.8 Å². The summed E-state index contributed by atoms with van der Waals surface area (Å²) >= 11 is 1.37. The Morgan fingerprint density at radius 3 is 3.00 bits per heavy atom. The number of aliphatic hydroxyl groups excluding tert-OH is 1. The Labute approximate surface area is 204 Å². The number of nitrogens with zero attached hydrogens (tertiary/aromatic N) is 4. The van der Waals surface area contributed by atoms with Crippen LogP contribution in [0.1, 0.15) is 33.9 Å². The van der Waals surface area contributed by atoms with Gasteiger partial charge < -0.3 is 29.2 Å². The van der Waals surface area contributed by atoms with Crippen LogP contribution in [0.3, 0.4) is 0 Å². The second-order valence-electron chi connectivity index (χ2n) is 8.29. The van der Waals surface area contributed by atoms with Gasteiger partial charge in [-0.3, -0.25) is 5.32 Å². The van der Waals surface area contributed by atoms with Gasteiger partial charge in [-0.05, 0) is 25.1 Å². The molecule has 2 aliphatic heterocycles. The molecule has 1 aromatic carbocycles. The van der Waals surface area contributed by atoms with E-state index in [1.807, 2.05) is 4.90 Å². The van der Waals surface area contributed by atoms with Crippen LogP contribution in [-0.2, 0) is 15.9 Å². The number of urea groups is 1. The van der Waals surface area contributed by atoms with Gasteiger partial charge in [-0.15, -0.1) is 5.10 Å². The molecule has 184 valence electrons. The van der Waals surface area contributed by atoms with Gasteiger partial charge in [0, 0.05) is 12.0 Å². The normalized spacial score (nSPS) is 19.6. The lowest BCUT2D eigenvalue weighted by Gasteiger charge is -2.43. The molecule has 5 rings (SSSR count). The predicted octanol–water partition coefficient (Wildman–Crippen LogP) is 1.98. The van der Waals surface area contributed by atoms with Crippen LogP contribution >= 0.6 is 11.3 Å². The number of esters is 1. The third-order valence-corrected chi connectivity index (χ3v) is 6.93. The van der Waals surface area contributed by atoms with Crippen molar-refractivity contribution >= 4 is 34.5 Å². The first-order valence-corrected chi connectivity index (χ1v) is 11.8. The van der Waals surface area contributed by atoms with Gasteiger partial charge >= 0.3 is 18.0 Å². The van der Waals surface area contributed by atoms with Crippen LogP contribution < -0.4 is 15.5 Å². The van der Waals surface area contributed by atoms with Gasteiger partial charge in [0.25, 0.3) is 0 Å². The molecule has 0 unspecified atom stereocenters. The molecule has 12 nitrogen and oxygen atoms in total. The number of aliphatic hydroxyl groups is 1.